The molecule has 0 aliphatic rings. The average molecular weight is 333 g/mol. The molecular formula is C15H18F3NO2S. The molecule has 0 bridgehead atoms. The second-order valence-electron chi connectivity index (χ2n) is 5.41. The third-order valence-corrected chi connectivity index (χ3v) is 3.97. The zero-order valence-electron chi connectivity index (χ0n) is 12.8. The highest BCUT2D eigenvalue weighted by Gasteiger charge is 2.35. The lowest BCUT2D eigenvalue weighted by Crippen LogP contribution is -2.26. The van der Waals surface area contributed by atoms with E-state index in [0.29, 0.717) is 11.3 Å². The predicted octanol–water partition coefficient (Wildman–Crippen LogP) is 4.17. The minimum Gasteiger partial charge on any atom is -0.496 e. The summed E-state index contributed by atoms with van der Waals surface area (Å²) in [4.78, 5) is 0. The summed E-state index contributed by atoms with van der Waals surface area (Å²) in [5.74, 6) is 0.442. The Morgan fingerprint density at radius 1 is 1.23 bits per heavy atom. The van der Waals surface area contributed by atoms with Gasteiger partial charge in [-0.15, -0.1) is 0 Å². The van der Waals surface area contributed by atoms with Crippen LogP contribution in [0, 0.1) is 0 Å². The summed E-state index contributed by atoms with van der Waals surface area (Å²) < 4.78 is 58.4. The SMILES string of the molecule is COc1ccccc1/C=C/C(=N\[S@](=O)C(C)(C)C)C(F)(F)F. The normalized spacial score (nSPS) is 15.1. The molecule has 1 aromatic rings. The van der Waals surface area contributed by atoms with E-state index in [-0.39, 0.29) is 0 Å². The number of alkyl halides is 3. The van der Waals surface area contributed by atoms with Crippen molar-refractivity contribution in [2.24, 2.45) is 4.40 Å². The van der Waals surface area contributed by atoms with Gasteiger partial charge in [-0.25, -0.2) is 4.21 Å². The van der Waals surface area contributed by atoms with E-state index in [1.54, 1.807) is 45.0 Å². The molecule has 1 rings (SSSR count). The van der Waals surface area contributed by atoms with Crippen molar-refractivity contribution < 1.29 is 22.1 Å². The van der Waals surface area contributed by atoms with E-state index in [0.717, 1.165) is 6.08 Å². The van der Waals surface area contributed by atoms with Crippen molar-refractivity contribution in [2.75, 3.05) is 7.11 Å². The van der Waals surface area contributed by atoms with E-state index >= 15 is 0 Å². The summed E-state index contributed by atoms with van der Waals surface area (Å²) in [7, 11) is -0.563. The fourth-order valence-electron chi connectivity index (χ4n) is 1.38. The van der Waals surface area contributed by atoms with Gasteiger partial charge in [0.2, 0.25) is 0 Å². The van der Waals surface area contributed by atoms with E-state index in [4.69, 9.17) is 4.74 Å². The van der Waals surface area contributed by atoms with Gasteiger partial charge in [0, 0.05) is 5.56 Å². The van der Waals surface area contributed by atoms with Crippen molar-refractivity contribution in [2.45, 2.75) is 31.7 Å². The third-order valence-electron chi connectivity index (χ3n) is 2.56. The molecule has 0 unspecified atom stereocenters. The van der Waals surface area contributed by atoms with Gasteiger partial charge >= 0.3 is 6.18 Å². The van der Waals surface area contributed by atoms with Crippen LogP contribution in [0.3, 0.4) is 0 Å². The van der Waals surface area contributed by atoms with Crippen LogP contribution in [0.2, 0.25) is 0 Å². The first-order valence-electron chi connectivity index (χ1n) is 6.44. The van der Waals surface area contributed by atoms with Gasteiger partial charge in [-0.2, -0.15) is 17.6 Å². The van der Waals surface area contributed by atoms with Gasteiger partial charge in [-0.3, -0.25) is 0 Å². The smallest absolute Gasteiger partial charge is 0.434 e. The summed E-state index contributed by atoms with van der Waals surface area (Å²) in [6, 6.07) is 6.64. The van der Waals surface area contributed by atoms with Crippen molar-refractivity contribution in [3.8, 4) is 5.75 Å². The van der Waals surface area contributed by atoms with Gasteiger partial charge in [0.1, 0.15) is 16.7 Å². The summed E-state index contributed by atoms with van der Waals surface area (Å²) in [5, 5.41) is 0. The van der Waals surface area contributed by atoms with Crippen LogP contribution in [0.25, 0.3) is 6.08 Å². The molecule has 0 aliphatic carbocycles. The molecule has 0 fully saturated rings. The fourth-order valence-corrected chi connectivity index (χ4v) is 1.99. The summed E-state index contributed by atoms with van der Waals surface area (Å²) in [6.45, 7) is 4.68. The lowest BCUT2D eigenvalue weighted by atomic mass is 10.1. The standard InChI is InChI=1S/C15H18F3NO2S/c1-14(2,3)22(20)19-13(15(16,17)18)10-9-11-7-5-6-8-12(11)21-4/h5-10H,1-4H3/b10-9+,19-13+/t22-/m1/s1. The second kappa shape index (κ2) is 7.09. The number of benzene rings is 1. The van der Waals surface area contributed by atoms with Crippen molar-refractivity contribution in [1.29, 1.82) is 0 Å². The molecule has 0 heterocycles. The highest BCUT2D eigenvalue weighted by Crippen LogP contribution is 2.24. The Hall–Kier alpha value is -1.63. The molecule has 3 nitrogen and oxygen atoms in total. The molecule has 122 valence electrons. The summed E-state index contributed by atoms with van der Waals surface area (Å²) in [5.41, 5.74) is -0.713. The Morgan fingerprint density at radius 2 is 1.82 bits per heavy atom. The highest BCUT2D eigenvalue weighted by molar-refractivity contribution is 7.85. The van der Waals surface area contributed by atoms with Gasteiger partial charge in [0.15, 0.2) is 5.71 Å². The molecule has 0 saturated carbocycles. The number of para-hydroxylation sites is 1. The van der Waals surface area contributed by atoms with Gasteiger partial charge in [0.25, 0.3) is 0 Å². The number of ether oxygens (including phenoxy) is 1. The first-order valence-corrected chi connectivity index (χ1v) is 7.55. The van der Waals surface area contributed by atoms with E-state index in [1.807, 2.05) is 0 Å². The molecule has 0 aromatic heterocycles. The minimum atomic E-state index is -4.68. The molecule has 22 heavy (non-hydrogen) atoms. The molecule has 0 radical (unpaired) electrons. The number of nitrogens with zero attached hydrogens (tertiary/aromatic N) is 1. The fraction of sp³-hybridized carbons (Fsp3) is 0.400. The first kappa shape index (κ1) is 18.4. The van der Waals surface area contributed by atoms with Crippen LogP contribution < -0.4 is 4.74 Å². The Labute approximate surface area is 130 Å². The Bertz CT molecular complexity index is 602. The van der Waals surface area contributed by atoms with Crippen LogP contribution in [0.4, 0.5) is 13.2 Å². The average Bonchev–Trinajstić information content (AvgIpc) is 2.41. The molecule has 0 amide bonds. The van der Waals surface area contributed by atoms with Crippen LogP contribution in [-0.4, -0.2) is 28.0 Å². The molecule has 0 saturated heterocycles. The first-order chi connectivity index (χ1) is 10.1. The van der Waals surface area contributed by atoms with Crippen LogP contribution in [0.1, 0.15) is 26.3 Å². The maximum atomic E-state index is 13.0. The maximum absolute atomic E-state index is 13.0. The van der Waals surface area contributed by atoms with Crippen LogP contribution in [0.15, 0.2) is 34.7 Å². The van der Waals surface area contributed by atoms with E-state index < -0.39 is 27.6 Å². The minimum absolute atomic E-state index is 0.442. The molecule has 0 N–H and O–H groups in total. The quantitative estimate of drug-likeness (QED) is 0.776. The molecule has 0 aliphatic heterocycles. The number of hydrogen-bond donors (Lipinski definition) is 0. The molecule has 7 heteroatoms. The highest BCUT2D eigenvalue weighted by atomic mass is 32.2. The van der Waals surface area contributed by atoms with Crippen LogP contribution in [0.5, 0.6) is 5.75 Å². The lowest BCUT2D eigenvalue weighted by molar-refractivity contribution is -0.0574. The summed E-state index contributed by atoms with van der Waals surface area (Å²) in [6.07, 6.45) is -2.63. The number of allylic oxidation sites excluding steroid dienone is 1. The monoisotopic (exact) mass is 333 g/mol. The van der Waals surface area contributed by atoms with Crippen molar-refractivity contribution >= 4 is 22.8 Å². The van der Waals surface area contributed by atoms with E-state index in [2.05, 4.69) is 4.40 Å². The zero-order chi connectivity index (χ0) is 17.0. The largest absolute Gasteiger partial charge is 0.496 e. The summed E-state index contributed by atoms with van der Waals surface area (Å²) >= 11 is 0. The number of hydrogen-bond acceptors (Lipinski definition) is 2. The van der Waals surface area contributed by atoms with Crippen molar-refractivity contribution in [3.05, 3.63) is 35.9 Å². The van der Waals surface area contributed by atoms with Gasteiger partial charge in [0.05, 0.1) is 11.9 Å². The maximum Gasteiger partial charge on any atom is 0.434 e. The molecule has 1 aromatic carbocycles. The van der Waals surface area contributed by atoms with Crippen LogP contribution in [-0.2, 0) is 11.0 Å². The van der Waals surface area contributed by atoms with Crippen LogP contribution >= 0.6 is 0 Å². The number of rotatable bonds is 4. The van der Waals surface area contributed by atoms with E-state index in [9.17, 15) is 17.4 Å². The number of halogens is 3. The topological polar surface area (TPSA) is 38.7 Å². The molecule has 0 spiro atoms. The molecule has 1 atom stereocenters. The Kier molecular flexibility index (Phi) is 5.93. The van der Waals surface area contributed by atoms with Crippen molar-refractivity contribution in [3.63, 3.8) is 0 Å². The van der Waals surface area contributed by atoms with Gasteiger partial charge < -0.3 is 4.74 Å². The number of methoxy groups -OCH3 is 1. The van der Waals surface area contributed by atoms with E-state index in [1.165, 1.54) is 13.2 Å². The Balaban J connectivity index is 3.18. The van der Waals surface area contributed by atoms with Gasteiger partial charge in [-0.05, 0) is 39.0 Å². The van der Waals surface area contributed by atoms with Crippen molar-refractivity contribution in [1.82, 2.24) is 0 Å². The molecular weight excluding hydrogens is 315 g/mol. The third kappa shape index (κ3) is 5.29. The zero-order valence-corrected chi connectivity index (χ0v) is 13.6. The lowest BCUT2D eigenvalue weighted by Gasteiger charge is -2.15. The van der Waals surface area contributed by atoms with Gasteiger partial charge in [-0.1, -0.05) is 18.2 Å². The second-order valence-corrected chi connectivity index (χ2v) is 7.32. The Morgan fingerprint density at radius 3 is 2.32 bits per heavy atom. The predicted molar refractivity (Wildman–Crippen MR) is 83.4 cm³/mol.